The van der Waals surface area contributed by atoms with Crippen molar-refractivity contribution in [1.29, 1.82) is 0 Å². The zero-order valence-corrected chi connectivity index (χ0v) is 12.6. The van der Waals surface area contributed by atoms with Crippen LogP contribution < -0.4 is 10.5 Å². The molecule has 0 saturated heterocycles. The fourth-order valence-corrected chi connectivity index (χ4v) is 2.35. The van der Waals surface area contributed by atoms with Gasteiger partial charge in [0, 0.05) is 11.1 Å². The van der Waals surface area contributed by atoms with Crippen LogP contribution in [0.3, 0.4) is 0 Å². The second-order valence-corrected chi connectivity index (χ2v) is 5.10. The van der Waals surface area contributed by atoms with Crippen LogP contribution in [-0.4, -0.2) is 17.1 Å². The van der Waals surface area contributed by atoms with Crippen molar-refractivity contribution in [1.82, 2.24) is 9.97 Å². The lowest BCUT2D eigenvalue weighted by Crippen LogP contribution is -1.99. The summed E-state index contributed by atoms with van der Waals surface area (Å²) in [5.74, 6) is 1.05. The first-order valence-corrected chi connectivity index (χ1v) is 7.02. The lowest BCUT2D eigenvalue weighted by Gasteiger charge is -2.08. The maximum Gasteiger partial charge on any atom is 0.221 e. The molecule has 1 aromatic heterocycles. The number of ether oxygens (including phenoxy) is 1. The van der Waals surface area contributed by atoms with Gasteiger partial charge in [-0.25, -0.2) is 9.97 Å². The van der Waals surface area contributed by atoms with Gasteiger partial charge in [0.2, 0.25) is 5.95 Å². The second kappa shape index (κ2) is 5.85. The number of aryl methyl sites for hydroxylation is 1. The molecule has 0 aliphatic rings. The minimum absolute atomic E-state index is 0.261. The standard InChI is InChI=1S/C18H17N3O/c1-12-5-3-6-13(9-12)16-11-17(21-18(19)20-16)14-7-4-8-15(10-14)22-2/h3-11H,1-2H3,(H2,19,20,21). The Morgan fingerprint density at radius 2 is 1.50 bits per heavy atom. The molecule has 4 heteroatoms. The van der Waals surface area contributed by atoms with Crippen LogP contribution in [0.4, 0.5) is 5.95 Å². The molecule has 4 nitrogen and oxygen atoms in total. The molecule has 0 fully saturated rings. The van der Waals surface area contributed by atoms with E-state index in [-0.39, 0.29) is 5.95 Å². The van der Waals surface area contributed by atoms with Crippen molar-refractivity contribution in [3.63, 3.8) is 0 Å². The average Bonchev–Trinajstić information content (AvgIpc) is 2.54. The third kappa shape index (κ3) is 2.91. The van der Waals surface area contributed by atoms with E-state index in [1.807, 2.05) is 42.5 Å². The molecule has 3 aromatic rings. The van der Waals surface area contributed by atoms with Crippen LogP contribution in [0.25, 0.3) is 22.5 Å². The number of anilines is 1. The van der Waals surface area contributed by atoms with Crippen LogP contribution in [0.5, 0.6) is 5.75 Å². The number of hydrogen-bond acceptors (Lipinski definition) is 4. The number of aromatic nitrogens is 2. The number of nitrogens with two attached hydrogens (primary N) is 1. The molecule has 22 heavy (non-hydrogen) atoms. The van der Waals surface area contributed by atoms with Gasteiger partial charge in [-0.3, -0.25) is 0 Å². The lowest BCUT2D eigenvalue weighted by atomic mass is 10.1. The van der Waals surface area contributed by atoms with E-state index in [4.69, 9.17) is 10.5 Å². The van der Waals surface area contributed by atoms with Gasteiger partial charge in [-0.05, 0) is 31.2 Å². The van der Waals surface area contributed by atoms with E-state index < -0.39 is 0 Å². The topological polar surface area (TPSA) is 61.0 Å². The Labute approximate surface area is 129 Å². The number of rotatable bonds is 3. The quantitative estimate of drug-likeness (QED) is 0.799. The van der Waals surface area contributed by atoms with E-state index in [1.54, 1.807) is 7.11 Å². The number of nitrogens with zero attached hydrogens (tertiary/aromatic N) is 2. The zero-order valence-electron chi connectivity index (χ0n) is 12.6. The van der Waals surface area contributed by atoms with Gasteiger partial charge in [0.05, 0.1) is 18.5 Å². The van der Waals surface area contributed by atoms with Crippen molar-refractivity contribution in [2.24, 2.45) is 0 Å². The third-order valence-corrected chi connectivity index (χ3v) is 3.42. The highest BCUT2D eigenvalue weighted by molar-refractivity contribution is 5.70. The summed E-state index contributed by atoms with van der Waals surface area (Å²) in [5, 5.41) is 0. The molecule has 1 heterocycles. The average molecular weight is 291 g/mol. The molecule has 0 radical (unpaired) electrons. The summed E-state index contributed by atoms with van der Waals surface area (Å²) in [4.78, 5) is 8.69. The number of hydrogen-bond donors (Lipinski definition) is 1. The van der Waals surface area contributed by atoms with Crippen molar-refractivity contribution < 1.29 is 4.74 Å². The van der Waals surface area contributed by atoms with Crippen LogP contribution in [0, 0.1) is 6.92 Å². The van der Waals surface area contributed by atoms with E-state index >= 15 is 0 Å². The number of nitrogen functional groups attached to an aromatic ring is 1. The van der Waals surface area contributed by atoms with E-state index in [0.717, 1.165) is 28.3 Å². The first kappa shape index (κ1) is 14.1. The molecule has 2 N–H and O–H groups in total. The SMILES string of the molecule is COc1cccc(-c2cc(-c3cccc(C)c3)nc(N)n2)c1. The van der Waals surface area contributed by atoms with Gasteiger partial charge in [-0.2, -0.15) is 0 Å². The summed E-state index contributed by atoms with van der Waals surface area (Å²) in [7, 11) is 1.64. The Bertz CT molecular complexity index is 815. The maximum absolute atomic E-state index is 5.89. The molecule has 110 valence electrons. The number of benzene rings is 2. The maximum atomic E-state index is 5.89. The summed E-state index contributed by atoms with van der Waals surface area (Å²) in [6, 6.07) is 17.8. The Kier molecular flexibility index (Phi) is 3.74. The Balaban J connectivity index is 2.10. The van der Waals surface area contributed by atoms with Gasteiger partial charge in [-0.15, -0.1) is 0 Å². The van der Waals surface area contributed by atoms with E-state index in [2.05, 4.69) is 29.0 Å². The molecule has 0 atom stereocenters. The summed E-state index contributed by atoms with van der Waals surface area (Å²) < 4.78 is 5.26. The lowest BCUT2D eigenvalue weighted by molar-refractivity contribution is 0.415. The largest absolute Gasteiger partial charge is 0.497 e. The van der Waals surface area contributed by atoms with Gasteiger partial charge < -0.3 is 10.5 Å². The fraction of sp³-hybridized carbons (Fsp3) is 0.111. The normalized spacial score (nSPS) is 10.5. The molecule has 2 aromatic carbocycles. The van der Waals surface area contributed by atoms with Crippen LogP contribution in [0.1, 0.15) is 5.56 Å². The van der Waals surface area contributed by atoms with Crippen molar-refractivity contribution >= 4 is 5.95 Å². The minimum atomic E-state index is 0.261. The predicted octanol–water partition coefficient (Wildman–Crippen LogP) is 3.71. The van der Waals surface area contributed by atoms with Gasteiger partial charge in [0.1, 0.15) is 5.75 Å². The second-order valence-electron chi connectivity index (χ2n) is 5.10. The van der Waals surface area contributed by atoms with Crippen molar-refractivity contribution in [2.75, 3.05) is 12.8 Å². The summed E-state index contributed by atoms with van der Waals surface area (Å²) >= 11 is 0. The summed E-state index contributed by atoms with van der Waals surface area (Å²) in [6.45, 7) is 2.05. The van der Waals surface area contributed by atoms with Crippen molar-refractivity contribution in [3.8, 4) is 28.3 Å². The van der Waals surface area contributed by atoms with Crippen LogP contribution in [0.15, 0.2) is 54.6 Å². The monoisotopic (exact) mass is 291 g/mol. The Hall–Kier alpha value is -2.88. The zero-order chi connectivity index (χ0) is 15.5. The molecule has 0 aliphatic carbocycles. The first-order valence-electron chi connectivity index (χ1n) is 7.02. The van der Waals surface area contributed by atoms with Crippen LogP contribution in [-0.2, 0) is 0 Å². The minimum Gasteiger partial charge on any atom is -0.497 e. The van der Waals surface area contributed by atoms with Crippen molar-refractivity contribution in [3.05, 3.63) is 60.2 Å². The first-order chi connectivity index (χ1) is 10.7. The van der Waals surface area contributed by atoms with Gasteiger partial charge in [0.25, 0.3) is 0 Å². The molecule has 0 saturated carbocycles. The predicted molar refractivity (Wildman–Crippen MR) is 88.6 cm³/mol. The molecule has 0 aliphatic heterocycles. The van der Waals surface area contributed by atoms with E-state index in [0.29, 0.717) is 0 Å². The van der Waals surface area contributed by atoms with Crippen molar-refractivity contribution in [2.45, 2.75) is 6.92 Å². The smallest absolute Gasteiger partial charge is 0.221 e. The van der Waals surface area contributed by atoms with Crippen LogP contribution in [0.2, 0.25) is 0 Å². The Morgan fingerprint density at radius 1 is 0.864 bits per heavy atom. The molecular formula is C18H17N3O. The summed E-state index contributed by atoms with van der Waals surface area (Å²) in [5.41, 5.74) is 10.6. The molecular weight excluding hydrogens is 274 g/mol. The third-order valence-electron chi connectivity index (χ3n) is 3.42. The Morgan fingerprint density at radius 3 is 2.14 bits per heavy atom. The number of methoxy groups -OCH3 is 1. The summed E-state index contributed by atoms with van der Waals surface area (Å²) in [6.07, 6.45) is 0. The molecule has 0 unspecified atom stereocenters. The van der Waals surface area contributed by atoms with Crippen LogP contribution >= 0.6 is 0 Å². The van der Waals surface area contributed by atoms with E-state index in [1.165, 1.54) is 5.56 Å². The highest BCUT2D eigenvalue weighted by atomic mass is 16.5. The van der Waals surface area contributed by atoms with Gasteiger partial charge in [0.15, 0.2) is 0 Å². The van der Waals surface area contributed by atoms with Gasteiger partial charge >= 0.3 is 0 Å². The molecule has 0 spiro atoms. The highest BCUT2D eigenvalue weighted by Gasteiger charge is 2.08. The fourth-order valence-electron chi connectivity index (χ4n) is 2.35. The molecule has 0 bridgehead atoms. The molecule has 3 rings (SSSR count). The highest BCUT2D eigenvalue weighted by Crippen LogP contribution is 2.27. The van der Waals surface area contributed by atoms with Gasteiger partial charge in [-0.1, -0.05) is 35.9 Å². The molecule has 0 amide bonds. The van der Waals surface area contributed by atoms with E-state index in [9.17, 15) is 0 Å².